The predicted molar refractivity (Wildman–Crippen MR) is 164 cm³/mol. The van der Waals surface area contributed by atoms with Crippen LogP contribution in [0, 0.1) is 17.5 Å². The lowest BCUT2D eigenvalue weighted by atomic mass is 9.96. The van der Waals surface area contributed by atoms with Crippen molar-refractivity contribution in [2.75, 3.05) is 26.9 Å². The van der Waals surface area contributed by atoms with E-state index in [4.69, 9.17) is 23.7 Å². The third kappa shape index (κ3) is 7.48. The number of thioether (sulfide) groups is 1. The van der Waals surface area contributed by atoms with E-state index < -0.39 is 76.6 Å². The van der Waals surface area contributed by atoms with Gasteiger partial charge >= 0.3 is 11.9 Å². The largest absolute Gasteiger partial charge is 0.463 e. The number of carbonyl (C=O) groups excluding carboxylic acids is 2. The van der Waals surface area contributed by atoms with Gasteiger partial charge < -0.3 is 28.8 Å². The Labute approximate surface area is 286 Å². The number of halogens is 3. The van der Waals surface area contributed by atoms with Crippen molar-refractivity contribution in [2.45, 2.75) is 61.0 Å². The molecule has 2 aliphatic heterocycles. The molecule has 2 aliphatic rings. The van der Waals surface area contributed by atoms with Crippen LogP contribution in [0.4, 0.5) is 13.2 Å². The summed E-state index contributed by atoms with van der Waals surface area (Å²) in [6.45, 7) is 2.27. The second-order valence-corrected chi connectivity index (χ2v) is 12.8. The highest BCUT2D eigenvalue weighted by Gasteiger charge is 2.52. The Morgan fingerprint density at radius 3 is 2.28 bits per heavy atom. The van der Waals surface area contributed by atoms with Gasteiger partial charge in [0, 0.05) is 44.5 Å². The number of hydrogen-bond acceptors (Lipinski definition) is 15. The Morgan fingerprint density at radius 2 is 1.62 bits per heavy atom. The Morgan fingerprint density at radius 1 is 0.960 bits per heavy atom. The normalized spacial score (nSPS) is 26.8. The number of carbonyl (C=O) groups is 2. The molecule has 0 unspecified atom stereocenters. The van der Waals surface area contributed by atoms with Crippen LogP contribution in [0.3, 0.4) is 0 Å². The molecule has 1 aromatic carbocycles. The minimum atomic E-state index is -1.64. The van der Waals surface area contributed by atoms with Crippen LogP contribution in [0.15, 0.2) is 43.2 Å². The maximum Gasteiger partial charge on any atom is 0.303 e. The molecule has 20 heteroatoms. The van der Waals surface area contributed by atoms with Gasteiger partial charge in [0.2, 0.25) is 0 Å². The van der Waals surface area contributed by atoms with Crippen molar-refractivity contribution < 1.29 is 51.6 Å². The average molecular weight is 721 g/mol. The number of methoxy groups -OCH3 is 1. The molecule has 0 aliphatic carbocycles. The molecule has 266 valence electrons. The van der Waals surface area contributed by atoms with E-state index in [9.17, 15) is 27.9 Å². The van der Waals surface area contributed by atoms with Gasteiger partial charge in [-0.15, -0.1) is 22.0 Å². The zero-order valence-corrected chi connectivity index (χ0v) is 27.5. The Hall–Kier alpha value is -4.50. The summed E-state index contributed by atoms with van der Waals surface area (Å²) in [5.74, 6) is -5.81. The summed E-state index contributed by atoms with van der Waals surface area (Å²) in [4.78, 5) is 32.2. The van der Waals surface area contributed by atoms with E-state index in [-0.39, 0.29) is 31.1 Å². The van der Waals surface area contributed by atoms with Crippen molar-refractivity contribution in [3.05, 3.63) is 60.7 Å². The van der Waals surface area contributed by atoms with Crippen LogP contribution in [-0.4, -0.2) is 119 Å². The molecule has 4 aromatic rings. The van der Waals surface area contributed by atoms with Crippen LogP contribution >= 0.6 is 11.8 Å². The molecule has 0 saturated carbocycles. The summed E-state index contributed by atoms with van der Waals surface area (Å²) >= 11 is 1.16. The zero-order valence-electron chi connectivity index (χ0n) is 26.7. The third-order valence-electron chi connectivity index (χ3n) is 8.10. The van der Waals surface area contributed by atoms with Crippen LogP contribution in [-0.2, 0) is 33.3 Å². The van der Waals surface area contributed by atoms with E-state index >= 15 is 0 Å². The summed E-state index contributed by atoms with van der Waals surface area (Å²) < 4.78 is 73.7. The molecule has 2 saturated heterocycles. The van der Waals surface area contributed by atoms with Gasteiger partial charge in [0.1, 0.15) is 54.0 Å². The van der Waals surface area contributed by atoms with Gasteiger partial charge in [-0.25, -0.2) is 32.5 Å². The number of hydrogen-bond donors (Lipinski definition) is 1. The first-order valence-electron chi connectivity index (χ1n) is 15.2. The first-order valence-corrected chi connectivity index (χ1v) is 16.1. The fourth-order valence-electron chi connectivity index (χ4n) is 5.76. The molecule has 1 N–H and O–H groups in total. The van der Waals surface area contributed by atoms with Crippen LogP contribution in [0.2, 0.25) is 0 Å². The standard InChI is InChI=1S/C30H31F3N8O8S/c1-14(42)47-11-23-28(48-15(2)43)26(41-9-20(36-39-41)16-4-18(31)25(33)19(32)5-16)29(45-3)30(49-23)50-24-12-46-10-22(27(24)44)40-8-21(37-38-40)17-6-34-13-35-7-17/h4-9,13,22-24,26-30,44H,10-12H2,1-3H3/t22-,23+,24+,26-,27+,28-,29+,30-/m0/s1. The number of aliphatic hydroxyl groups is 1. The Bertz CT molecular complexity index is 1800. The number of nitrogens with zero attached hydrogens (tertiary/aromatic N) is 8. The molecule has 0 bridgehead atoms. The predicted octanol–water partition coefficient (Wildman–Crippen LogP) is 1.92. The third-order valence-corrected chi connectivity index (χ3v) is 9.51. The summed E-state index contributed by atoms with van der Waals surface area (Å²) in [5, 5.41) is 27.5. The highest BCUT2D eigenvalue weighted by molar-refractivity contribution is 8.00. The van der Waals surface area contributed by atoms with Crippen molar-refractivity contribution in [3.63, 3.8) is 0 Å². The zero-order chi connectivity index (χ0) is 35.5. The Kier molecular flexibility index (Phi) is 10.7. The quantitative estimate of drug-likeness (QED) is 0.185. The highest BCUT2D eigenvalue weighted by atomic mass is 32.2. The van der Waals surface area contributed by atoms with Crippen LogP contribution in [0.25, 0.3) is 22.5 Å². The molecule has 16 nitrogen and oxygen atoms in total. The summed E-state index contributed by atoms with van der Waals surface area (Å²) in [5.41, 5.74) is 0.0612. The van der Waals surface area contributed by atoms with E-state index in [0.29, 0.717) is 11.3 Å². The lowest BCUT2D eigenvalue weighted by Crippen LogP contribution is -2.58. The van der Waals surface area contributed by atoms with E-state index in [0.717, 1.165) is 23.9 Å². The molecular weight excluding hydrogens is 689 g/mol. The van der Waals surface area contributed by atoms with E-state index in [1.54, 1.807) is 18.6 Å². The monoisotopic (exact) mass is 720 g/mol. The molecule has 2 fully saturated rings. The van der Waals surface area contributed by atoms with Gasteiger partial charge in [0.05, 0.1) is 37.0 Å². The molecule has 5 heterocycles. The van der Waals surface area contributed by atoms with E-state index in [1.165, 1.54) is 42.8 Å². The molecule has 0 radical (unpaired) electrons. The fraction of sp³-hybridized carbons (Fsp3) is 0.467. The van der Waals surface area contributed by atoms with Gasteiger partial charge in [-0.05, 0) is 12.1 Å². The average Bonchev–Trinajstić information content (AvgIpc) is 3.79. The van der Waals surface area contributed by atoms with Crippen LogP contribution < -0.4 is 0 Å². The number of esters is 2. The number of aromatic nitrogens is 8. The first kappa shape index (κ1) is 35.3. The van der Waals surface area contributed by atoms with Gasteiger partial charge in [-0.2, -0.15) is 0 Å². The molecular formula is C30H31F3N8O8S. The van der Waals surface area contributed by atoms with Crippen molar-refractivity contribution in [3.8, 4) is 22.5 Å². The maximum absolute atomic E-state index is 14.1. The lowest BCUT2D eigenvalue weighted by molar-refractivity contribution is -0.208. The van der Waals surface area contributed by atoms with Gasteiger partial charge in [-0.1, -0.05) is 10.4 Å². The second-order valence-electron chi connectivity index (χ2n) is 11.4. The molecule has 0 spiro atoms. The van der Waals surface area contributed by atoms with Crippen LogP contribution in [0.5, 0.6) is 0 Å². The van der Waals surface area contributed by atoms with Crippen molar-refractivity contribution in [1.82, 2.24) is 40.0 Å². The van der Waals surface area contributed by atoms with Crippen LogP contribution in [0.1, 0.15) is 25.9 Å². The van der Waals surface area contributed by atoms with Crippen molar-refractivity contribution in [2.24, 2.45) is 0 Å². The summed E-state index contributed by atoms with van der Waals surface area (Å²) in [6, 6.07) is -0.130. The van der Waals surface area contributed by atoms with Crippen molar-refractivity contribution >= 4 is 23.7 Å². The Balaban J connectivity index is 1.30. The minimum Gasteiger partial charge on any atom is -0.463 e. The maximum atomic E-state index is 14.1. The number of rotatable bonds is 10. The SMILES string of the molecule is CO[C@@H]1[C@@H](n2cc(-c3cc(F)c(F)c(F)c3)nn2)[C@@H](OC(C)=O)[C@@H](COC(C)=O)O[C@H]1S[C@@H]1COC[C@H](n2cc(-c3cncnc3)nn2)[C@H]1O. The fourth-order valence-corrected chi connectivity index (χ4v) is 7.26. The van der Waals surface area contributed by atoms with Gasteiger partial charge in [0.15, 0.2) is 23.6 Å². The smallest absolute Gasteiger partial charge is 0.303 e. The van der Waals surface area contributed by atoms with E-state index in [2.05, 4.69) is 30.6 Å². The van der Waals surface area contributed by atoms with Crippen molar-refractivity contribution in [1.29, 1.82) is 0 Å². The number of benzene rings is 1. The lowest BCUT2D eigenvalue weighted by Gasteiger charge is -2.46. The topological polar surface area (TPSA) is 188 Å². The second kappa shape index (κ2) is 15.2. The van der Waals surface area contributed by atoms with E-state index in [1.807, 2.05) is 0 Å². The minimum absolute atomic E-state index is 0.0281. The molecule has 6 rings (SSSR count). The number of aliphatic hydroxyl groups excluding tert-OH is 1. The summed E-state index contributed by atoms with van der Waals surface area (Å²) in [7, 11) is 1.38. The molecule has 3 aromatic heterocycles. The molecule has 8 atom stereocenters. The van der Waals surface area contributed by atoms with Gasteiger partial charge in [0.25, 0.3) is 0 Å². The first-order chi connectivity index (χ1) is 24.0. The van der Waals surface area contributed by atoms with Gasteiger partial charge in [-0.3, -0.25) is 9.59 Å². The number of ether oxygens (including phenoxy) is 5. The highest BCUT2D eigenvalue weighted by Crippen LogP contribution is 2.42. The molecule has 0 amide bonds. The molecule has 50 heavy (non-hydrogen) atoms. The summed E-state index contributed by atoms with van der Waals surface area (Å²) in [6.07, 6.45) is 3.26.